The molecule has 1 aliphatic heterocycles. The second-order valence-corrected chi connectivity index (χ2v) is 6.07. The summed E-state index contributed by atoms with van der Waals surface area (Å²) in [6.45, 7) is 1.55. The molecule has 0 fully saturated rings. The molecule has 6 heteroatoms. The highest BCUT2D eigenvalue weighted by Gasteiger charge is 2.23. The van der Waals surface area contributed by atoms with Crippen molar-refractivity contribution in [2.24, 2.45) is 0 Å². The molecule has 0 aliphatic carbocycles. The predicted molar refractivity (Wildman–Crippen MR) is 94.0 cm³/mol. The normalized spacial score (nSPS) is 12.9. The Morgan fingerprint density at radius 1 is 1.20 bits per heavy atom. The summed E-state index contributed by atoms with van der Waals surface area (Å²) >= 11 is 0. The summed E-state index contributed by atoms with van der Waals surface area (Å²) in [5.41, 5.74) is 4.19. The van der Waals surface area contributed by atoms with Crippen LogP contribution in [0.5, 0.6) is 0 Å². The molecule has 0 bridgehead atoms. The van der Waals surface area contributed by atoms with Crippen LogP contribution in [0.2, 0.25) is 0 Å². The van der Waals surface area contributed by atoms with Crippen molar-refractivity contribution in [1.29, 1.82) is 0 Å². The van der Waals surface area contributed by atoms with E-state index in [1.807, 2.05) is 30.3 Å². The highest BCUT2D eigenvalue weighted by atomic mass is 16.5. The Kier molecular flexibility index (Phi) is 4.16. The summed E-state index contributed by atoms with van der Waals surface area (Å²) in [5, 5.41) is 6.69. The van der Waals surface area contributed by atoms with Crippen molar-refractivity contribution in [3.05, 3.63) is 71.7 Å². The maximum Gasteiger partial charge on any atom is 0.224 e. The third-order valence-corrected chi connectivity index (χ3v) is 4.35. The highest BCUT2D eigenvalue weighted by molar-refractivity contribution is 5.92. The molecule has 6 nitrogen and oxygen atoms in total. The summed E-state index contributed by atoms with van der Waals surface area (Å²) in [4.78, 5) is 18.9. The van der Waals surface area contributed by atoms with E-state index in [2.05, 4.69) is 26.4 Å². The number of hydrogen-bond donors (Lipinski definition) is 1. The molecule has 1 aromatic carbocycles. The van der Waals surface area contributed by atoms with Gasteiger partial charge in [-0.2, -0.15) is 0 Å². The van der Waals surface area contributed by atoms with Gasteiger partial charge in [-0.3, -0.25) is 4.79 Å². The zero-order valence-electron chi connectivity index (χ0n) is 13.7. The Morgan fingerprint density at radius 3 is 2.96 bits per heavy atom. The van der Waals surface area contributed by atoms with E-state index in [9.17, 15) is 4.79 Å². The van der Waals surface area contributed by atoms with Gasteiger partial charge >= 0.3 is 0 Å². The molecule has 126 valence electrons. The van der Waals surface area contributed by atoms with Gasteiger partial charge in [-0.05, 0) is 35.7 Å². The maximum atomic E-state index is 12.3. The summed E-state index contributed by atoms with van der Waals surface area (Å²) in [6, 6.07) is 11.9. The molecule has 25 heavy (non-hydrogen) atoms. The summed E-state index contributed by atoms with van der Waals surface area (Å²) in [5.74, 6) is 0.939. The Bertz CT molecular complexity index is 862. The number of nitrogens with zero attached hydrogens (tertiary/aromatic N) is 3. The van der Waals surface area contributed by atoms with E-state index in [-0.39, 0.29) is 5.91 Å². The molecule has 0 radical (unpaired) electrons. The number of carbonyl (C=O) groups is 1. The van der Waals surface area contributed by atoms with E-state index >= 15 is 0 Å². The summed E-state index contributed by atoms with van der Waals surface area (Å²) in [6.07, 6.45) is 6.02. The van der Waals surface area contributed by atoms with E-state index in [1.165, 1.54) is 5.56 Å². The third kappa shape index (κ3) is 3.38. The number of carbonyl (C=O) groups excluding carboxylic acids is 1. The van der Waals surface area contributed by atoms with Gasteiger partial charge in [0, 0.05) is 37.0 Å². The van der Waals surface area contributed by atoms with Gasteiger partial charge in [0.15, 0.2) is 0 Å². The largest absolute Gasteiger partial charge is 0.364 e. The van der Waals surface area contributed by atoms with E-state index in [4.69, 9.17) is 4.52 Å². The van der Waals surface area contributed by atoms with Crippen molar-refractivity contribution in [1.82, 2.24) is 10.1 Å². The summed E-state index contributed by atoms with van der Waals surface area (Å²) in [7, 11) is 0. The number of amides is 1. The van der Waals surface area contributed by atoms with E-state index in [0.29, 0.717) is 12.8 Å². The van der Waals surface area contributed by atoms with Gasteiger partial charge in [0.2, 0.25) is 5.91 Å². The molecular weight excluding hydrogens is 316 g/mol. The number of fused-ring (bicyclic) bond motifs is 1. The van der Waals surface area contributed by atoms with Crippen LogP contribution in [0.15, 0.2) is 59.6 Å². The van der Waals surface area contributed by atoms with Crippen LogP contribution in [-0.2, 0) is 24.3 Å². The number of rotatable bonds is 5. The van der Waals surface area contributed by atoms with Gasteiger partial charge in [0.25, 0.3) is 0 Å². The van der Waals surface area contributed by atoms with Crippen LogP contribution < -0.4 is 10.2 Å². The SMILES string of the molecule is O=C(CCc1cnoc1)Nc1cccc2c1CN(c1ccccn1)C2. The van der Waals surface area contributed by atoms with Gasteiger partial charge < -0.3 is 14.7 Å². The van der Waals surface area contributed by atoms with Gasteiger partial charge in [-0.25, -0.2) is 4.98 Å². The first-order valence-electron chi connectivity index (χ1n) is 8.24. The van der Waals surface area contributed by atoms with Gasteiger partial charge in [0.1, 0.15) is 12.1 Å². The number of nitrogens with one attached hydrogen (secondary N) is 1. The molecule has 3 heterocycles. The lowest BCUT2D eigenvalue weighted by Gasteiger charge is -2.16. The van der Waals surface area contributed by atoms with Crippen molar-refractivity contribution in [3.63, 3.8) is 0 Å². The van der Waals surface area contributed by atoms with Crippen LogP contribution in [0.4, 0.5) is 11.5 Å². The van der Waals surface area contributed by atoms with Crippen molar-refractivity contribution in [3.8, 4) is 0 Å². The average molecular weight is 334 g/mol. The van der Waals surface area contributed by atoms with Gasteiger partial charge in [-0.15, -0.1) is 0 Å². The van der Waals surface area contributed by atoms with Crippen molar-refractivity contribution >= 4 is 17.4 Å². The van der Waals surface area contributed by atoms with Crippen molar-refractivity contribution < 1.29 is 9.32 Å². The number of aromatic nitrogens is 2. The van der Waals surface area contributed by atoms with Crippen LogP contribution in [0.25, 0.3) is 0 Å². The number of anilines is 2. The molecule has 1 N–H and O–H groups in total. The second-order valence-electron chi connectivity index (χ2n) is 6.07. The minimum Gasteiger partial charge on any atom is -0.364 e. The van der Waals surface area contributed by atoms with Crippen LogP contribution in [0, 0.1) is 0 Å². The number of aryl methyl sites for hydroxylation is 1. The molecule has 0 spiro atoms. The standard InChI is InChI=1S/C19H18N4O2/c24-19(8-7-14-10-21-25-13-14)22-17-5-3-4-15-11-23(12-16(15)17)18-6-1-2-9-20-18/h1-6,9-10,13H,7-8,11-12H2,(H,22,24). The van der Waals surface area contributed by atoms with Crippen LogP contribution in [-0.4, -0.2) is 16.0 Å². The van der Waals surface area contributed by atoms with Gasteiger partial charge in [-0.1, -0.05) is 23.4 Å². The molecule has 2 aromatic heterocycles. The highest BCUT2D eigenvalue weighted by Crippen LogP contribution is 2.31. The molecule has 0 unspecified atom stereocenters. The second kappa shape index (κ2) is 6.76. The Labute approximate surface area is 145 Å². The first-order valence-corrected chi connectivity index (χ1v) is 8.24. The lowest BCUT2D eigenvalue weighted by Crippen LogP contribution is -2.16. The number of benzene rings is 1. The number of pyridine rings is 1. The fraction of sp³-hybridized carbons (Fsp3) is 0.211. The monoisotopic (exact) mass is 334 g/mol. The Morgan fingerprint density at radius 2 is 2.16 bits per heavy atom. The van der Waals surface area contributed by atoms with E-state index in [1.54, 1.807) is 18.7 Å². The zero-order chi connectivity index (χ0) is 17.1. The quantitative estimate of drug-likeness (QED) is 0.776. The maximum absolute atomic E-state index is 12.3. The minimum absolute atomic E-state index is 0.00844. The first-order chi connectivity index (χ1) is 12.3. The van der Waals surface area contributed by atoms with Crippen LogP contribution >= 0.6 is 0 Å². The Balaban J connectivity index is 1.45. The smallest absolute Gasteiger partial charge is 0.224 e. The lowest BCUT2D eigenvalue weighted by molar-refractivity contribution is -0.116. The molecule has 4 rings (SSSR count). The van der Waals surface area contributed by atoms with Crippen molar-refractivity contribution in [2.45, 2.75) is 25.9 Å². The molecule has 0 atom stereocenters. The Hall–Kier alpha value is -3.15. The third-order valence-electron chi connectivity index (χ3n) is 4.35. The zero-order valence-corrected chi connectivity index (χ0v) is 13.7. The lowest BCUT2D eigenvalue weighted by atomic mass is 10.1. The number of hydrogen-bond acceptors (Lipinski definition) is 5. The summed E-state index contributed by atoms with van der Waals surface area (Å²) < 4.78 is 4.79. The van der Waals surface area contributed by atoms with Crippen molar-refractivity contribution in [2.75, 3.05) is 10.2 Å². The molecule has 0 saturated carbocycles. The van der Waals surface area contributed by atoms with E-state index < -0.39 is 0 Å². The predicted octanol–water partition coefficient (Wildman–Crippen LogP) is 3.16. The molecule has 0 saturated heterocycles. The van der Waals surface area contributed by atoms with Crippen LogP contribution in [0.1, 0.15) is 23.1 Å². The average Bonchev–Trinajstić information content (AvgIpc) is 3.31. The topological polar surface area (TPSA) is 71.3 Å². The molecule has 3 aromatic rings. The first kappa shape index (κ1) is 15.4. The minimum atomic E-state index is -0.00844. The molecule has 1 amide bonds. The van der Waals surface area contributed by atoms with Gasteiger partial charge in [0.05, 0.1) is 6.20 Å². The molecular formula is C19H18N4O2. The molecule has 1 aliphatic rings. The fourth-order valence-corrected chi connectivity index (χ4v) is 3.06. The van der Waals surface area contributed by atoms with Crippen LogP contribution in [0.3, 0.4) is 0 Å². The van der Waals surface area contributed by atoms with E-state index in [0.717, 1.165) is 35.7 Å². The fourth-order valence-electron chi connectivity index (χ4n) is 3.06.